The molecule has 12 heavy (non-hydrogen) atoms. The van der Waals surface area contributed by atoms with Crippen LogP contribution in [0.15, 0.2) is 0 Å². The van der Waals surface area contributed by atoms with Crippen LogP contribution >= 0.6 is 0 Å². The molecule has 6 nitrogen and oxygen atoms in total. The monoisotopic (exact) mass is 220 g/mol. The maximum absolute atomic E-state index is 9.79. The third kappa shape index (κ3) is 52.4. The summed E-state index contributed by atoms with van der Waals surface area (Å²) in [6.45, 7) is 1.69. The third-order valence-corrected chi connectivity index (χ3v) is 1.39. The summed E-state index contributed by atoms with van der Waals surface area (Å²) < 4.78 is 53.4. The molecule has 0 bridgehead atoms. The van der Waals surface area contributed by atoms with Crippen molar-refractivity contribution in [2.75, 3.05) is 12.0 Å². The van der Waals surface area contributed by atoms with Gasteiger partial charge in [-0.25, -0.2) is 0 Å². The smallest absolute Gasteiger partial charge is 0.264 e. The summed E-state index contributed by atoms with van der Waals surface area (Å²) in [7, 11) is -7.34. The van der Waals surface area contributed by atoms with E-state index in [-0.39, 0.29) is 5.75 Å². The lowest BCUT2D eigenvalue weighted by Crippen LogP contribution is -2.01. The Morgan fingerprint density at radius 3 is 1.33 bits per heavy atom. The van der Waals surface area contributed by atoms with E-state index in [1.165, 1.54) is 0 Å². The molecule has 8 heteroatoms. The lowest BCUT2D eigenvalue weighted by atomic mass is 10.6. The highest BCUT2D eigenvalue weighted by Crippen LogP contribution is 1.83. The van der Waals surface area contributed by atoms with Gasteiger partial charge in [0.25, 0.3) is 20.2 Å². The van der Waals surface area contributed by atoms with E-state index in [2.05, 4.69) is 0 Å². The molecular formula is C4H12O6S2. The standard InChI is InChI=1S/C3H8O3S.CH4O3S/c1-2-3-7(4,5)6;1-5(2,3)4/h2-3H2,1H3,(H,4,5,6);1H3,(H,2,3,4). The summed E-state index contributed by atoms with van der Waals surface area (Å²) in [5, 5.41) is 0. The normalized spacial score (nSPS) is 11.7. The molecule has 0 unspecified atom stereocenters. The van der Waals surface area contributed by atoms with Gasteiger partial charge in [0.2, 0.25) is 0 Å². The van der Waals surface area contributed by atoms with Gasteiger partial charge in [-0.2, -0.15) is 16.8 Å². The molecule has 0 atom stereocenters. The first-order valence-corrected chi connectivity index (χ1v) is 6.39. The molecule has 0 aliphatic carbocycles. The zero-order valence-electron chi connectivity index (χ0n) is 6.76. The lowest BCUT2D eigenvalue weighted by Gasteiger charge is -1.85. The van der Waals surface area contributed by atoms with E-state index in [9.17, 15) is 16.8 Å². The largest absolute Gasteiger partial charge is 0.286 e. The van der Waals surface area contributed by atoms with Crippen LogP contribution in [0.3, 0.4) is 0 Å². The molecule has 0 spiro atoms. The third-order valence-electron chi connectivity index (χ3n) is 0.462. The molecule has 0 saturated heterocycles. The van der Waals surface area contributed by atoms with Gasteiger partial charge in [-0.05, 0) is 6.42 Å². The molecule has 76 valence electrons. The van der Waals surface area contributed by atoms with Gasteiger partial charge in [0.1, 0.15) is 0 Å². The average molecular weight is 220 g/mol. The van der Waals surface area contributed by atoms with E-state index in [0.29, 0.717) is 12.7 Å². The Labute approximate surface area is 72.1 Å². The summed E-state index contributed by atoms with van der Waals surface area (Å²) >= 11 is 0. The fourth-order valence-corrected chi connectivity index (χ4v) is 0.774. The van der Waals surface area contributed by atoms with Crippen LogP contribution in [-0.2, 0) is 20.2 Å². The molecule has 0 aromatic rings. The van der Waals surface area contributed by atoms with E-state index >= 15 is 0 Å². The molecule has 2 N–H and O–H groups in total. The van der Waals surface area contributed by atoms with Crippen molar-refractivity contribution in [2.45, 2.75) is 13.3 Å². The van der Waals surface area contributed by atoms with Crippen LogP contribution in [0.2, 0.25) is 0 Å². The molecular weight excluding hydrogens is 208 g/mol. The lowest BCUT2D eigenvalue weighted by molar-refractivity contribution is 0.481. The van der Waals surface area contributed by atoms with E-state index < -0.39 is 20.2 Å². The number of rotatable bonds is 2. The van der Waals surface area contributed by atoms with Gasteiger partial charge in [0.15, 0.2) is 0 Å². The van der Waals surface area contributed by atoms with Gasteiger partial charge in [-0.3, -0.25) is 9.11 Å². The maximum atomic E-state index is 9.79. The number of hydrogen-bond acceptors (Lipinski definition) is 4. The van der Waals surface area contributed by atoms with Crippen LogP contribution in [-0.4, -0.2) is 37.9 Å². The second kappa shape index (κ2) is 5.46. The predicted octanol–water partition coefficient (Wildman–Crippen LogP) is -0.212. The van der Waals surface area contributed by atoms with Crippen LogP contribution in [0.1, 0.15) is 13.3 Å². The average Bonchev–Trinajstić information content (AvgIpc) is 1.54. The van der Waals surface area contributed by atoms with E-state index in [4.69, 9.17) is 9.11 Å². The first-order chi connectivity index (χ1) is 5.06. The van der Waals surface area contributed by atoms with Gasteiger partial charge < -0.3 is 0 Å². The molecule has 0 radical (unpaired) electrons. The van der Waals surface area contributed by atoms with Gasteiger partial charge in [0, 0.05) is 0 Å². The first-order valence-electron chi connectivity index (χ1n) is 2.94. The fourth-order valence-electron chi connectivity index (χ4n) is 0.258. The van der Waals surface area contributed by atoms with Gasteiger partial charge in [-0.1, -0.05) is 6.92 Å². The molecule has 0 saturated carbocycles. The molecule has 0 fully saturated rings. The SMILES string of the molecule is CCCS(=O)(=O)O.CS(=O)(=O)O. The Bertz CT molecular complexity index is 278. The van der Waals surface area contributed by atoms with Crippen molar-refractivity contribution in [1.29, 1.82) is 0 Å². The van der Waals surface area contributed by atoms with Crippen molar-refractivity contribution in [3.63, 3.8) is 0 Å². The van der Waals surface area contributed by atoms with Gasteiger partial charge in [-0.15, -0.1) is 0 Å². The summed E-state index contributed by atoms with van der Waals surface area (Å²) in [6.07, 6.45) is 1.19. The highest BCUT2D eigenvalue weighted by molar-refractivity contribution is 7.85. The van der Waals surface area contributed by atoms with Crippen LogP contribution in [0.5, 0.6) is 0 Å². The molecule has 0 aliphatic heterocycles. The van der Waals surface area contributed by atoms with E-state index in [0.717, 1.165) is 0 Å². The summed E-state index contributed by atoms with van der Waals surface area (Å²) in [4.78, 5) is 0. The minimum atomic E-state index is -3.67. The molecule has 0 aliphatic rings. The molecule has 0 rings (SSSR count). The Morgan fingerprint density at radius 2 is 1.33 bits per heavy atom. The van der Waals surface area contributed by atoms with Crippen LogP contribution in [0.25, 0.3) is 0 Å². The van der Waals surface area contributed by atoms with Crippen molar-refractivity contribution in [1.82, 2.24) is 0 Å². The number of hydrogen-bond donors (Lipinski definition) is 2. The van der Waals surface area contributed by atoms with Crippen molar-refractivity contribution < 1.29 is 25.9 Å². The van der Waals surface area contributed by atoms with Crippen molar-refractivity contribution >= 4 is 20.2 Å². The second-order valence-electron chi connectivity index (χ2n) is 2.02. The predicted molar refractivity (Wildman–Crippen MR) is 44.2 cm³/mol. The van der Waals surface area contributed by atoms with Crippen molar-refractivity contribution in [3.8, 4) is 0 Å². The fraction of sp³-hybridized carbons (Fsp3) is 1.00. The van der Waals surface area contributed by atoms with Gasteiger partial charge in [0.05, 0.1) is 12.0 Å². The highest BCUT2D eigenvalue weighted by Gasteiger charge is 1.98. The zero-order chi connectivity index (χ0) is 10.4. The Kier molecular flexibility index (Phi) is 6.53. The van der Waals surface area contributed by atoms with Gasteiger partial charge >= 0.3 is 0 Å². The molecule has 0 heterocycles. The van der Waals surface area contributed by atoms with E-state index in [1.807, 2.05) is 0 Å². The summed E-state index contributed by atoms with van der Waals surface area (Å²) in [5.41, 5.74) is 0. The minimum Gasteiger partial charge on any atom is -0.286 e. The topological polar surface area (TPSA) is 109 Å². The molecule has 0 amide bonds. The molecule has 0 aromatic heterocycles. The zero-order valence-corrected chi connectivity index (χ0v) is 8.39. The summed E-state index contributed by atoms with van der Waals surface area (Å²) in [5.74, 6) is -0.132. The Balaban J connectivity index is 0. The Hall–Kier alpha value is -0.180. The highest BCUT2D eigenvalue weighted by atomic mass is 32.2. The van der Waals surface area contributed by atoms with E-state index in [1.54, 1.807) is 6.92 Å². The molecule has 0 aromatic carbocycles. The quantitative estimate of drug-likeness (QED) is 0.623. The first kappa shape index (κ1) is 14.3. The van der Waals surface area contributed by atoms with Crippen LogP contribution in [0.4, 0.5) is 0 Å². The Morgan fingerprint density at radius 1 is 1.08 bits per heavy atom. The van der Waals surface area contributed by atoms with Crippen LogP contribution < -0.4 is 0 Å². The van der Waals surface area contributed by atoms with Crippen molar-refractivity contribution in [3.05, 3.63) is 0 Å². The van der Waals surface area contributed by atoms with Crippen molar-refractivity contribution in [2.24, 2.45) is 0 Å². The second-order valence-corrected chi connectivity index (χ2v) is 5.06. The minimum absolute atomic E-state index is 0.132. The maximum Gasteiger partial charge on any atom is 0.264 e. The summed E-state index contributed by atoms with van der Waals surface area (Å²) in [6, 6.07) is 0. The van der Waals surface area contributed by atoms with Crippen LogP contribution in [0, 0.1) is 0 Å².